The Morgan fingerprint density at radius 2 is 2.35 bits per heavy atom. The molecule has 2 rings (SSSR count). The van der Waals surface area contributed by atoms with Crippen LogP contribution in [0, 0.1) is 0 Å². The third kappa shape index (κ3) is 3.14. The van der Waals surface area contributed by atoms with Crippen LogP contribution in [0.1, 0.15) is 15.9 Å². The Bertz CT molecular complexity index is 496. The molecule has 0 aliphatic carbocycles. The van der Waals surface area contributed by atoms with Gasteiger partial charge in [0.1, 0.15) is 0 Å². The van der Waals surface area contributed by atoms with Crippen molar-refractivity contribution in [1.29, 1.82) is 0 Å². The fourth-order valence-electron chi connectivity index (χ4n) is 1.70. The van der Waals surface area contributed by atoms with Gasteiger partial charge in [-0.3, -0.25) is 4.79 Å². The number of nitrogens with two attached hydrogens (primary N) is 1. The second kappa shape index (κ2) is 5.10. The van der Waals surface area contributed by atoms with Gasteiger partial charge in [-0.25, -0.2) is 0 Å². The van der Waals surface area contributed by atoms with E-state index in [-0.39, 0.29) is 5.50 Å². The van der Waals surface area contributed by atoms with Crippen molar-refractivity contribution in [2.45, 2.75) is 11.9 Å². The van der Waals surface area contributed by atoms with Crippen molar-refractivity contribution in [3.8, 4) is 0 Å². The molecule has 1 aromatic carbocycles. The first-order chi connectivity index (χ1) is 8.15. The molecule has 0 aromatic heterocycles. The number of hydrogen-bond donors (Lipinski definition) is 1. The number of azo groups is 1. The van der Waals surface area contributed by atoms with Crippen LogP contribution in [0.5, 0.6) is 0 Å². The lowest BCUT2D eigenvalue weighted by Crippen LogP contribution is -2.11. The third-order valence-electron chi connectivity index (χ3n) is 2.48. The van der Waals surface area contributed by atoms with Crippen molar-refractivity contribution >= 4 is 17.5 Å². The van der Waals surface area contributed by atoms with Crippen LogP contribution in [0.15, 0.2) is 46.1 Å². The van der Waals surface area contributed by atoms with E-state index in [0.717, 1.165) is 11.1 Å². The topological polar surface area (TPSA) is 67.8 Å². The van der Waals surface area contributed by atoms with Crippen LogP contribution >= 0.6 is 11.6 Å². The van der Waals surface area contributed by atoms with Crippen molar-refractivity contribution in [2.24, 2.45) is 16.0 Å². The minimum Gasteiger partial charge on any atom is -0.366 e. The highest BCUT2D eigenvalue weighted by Gasteiger charge is 2.09. The number of rotatable bonds is 3. The number of carbonyl (C=O) groups is 1. The first-order valence-electron chi connectivity index (χ1n) is 5.24. The van der Waals surface area contributed by atoms with Gasteiger partial charge in [-0.05, 0) is 35.8 Å². The molecule has 17 heavy (non-hydrogen) atoms. The average molecular weight is 250 g/mol. The molecular formula is C12H12ClN3O. The van der Waals surface area contributed by atoms with E-state index >= 15 is 0 Å². The number of nitrogens with zero attached hydrogens (tertiary/aromatic N) is 2. The van der Waals surface area contributed by atoms with Crippen molar-refractivity contribution < 1.29 is 4.79 Å². The van der Waals surface area contributed by atoms with Gasteiger partial charge in [-0.2, -0.15) is 10.2 Å². The summed E-state index contributed by atoms with van der Waals surface area (Å²) in [5, 5.41) is 7.73. The summed E-state index contributed by atoms with van der Waals surface area (Å²) in [6.45, 7) is 0.560. The summed E-state index contributed by atoms with van der Waals surface area (Å²) in [4.78, 5) is 11.1. The molecule has 1 amide bonds. The Labute approximate surface area is 104 Å². The van der Waals surface area contributed by atoms with Gasteiger partial charge in [0.2, 0.25) is 5.91 Å². The van der Waals surface area contributed by atoms with E-state index in [1.807, 2.05) is 18.2 Å². The van der Waals surface area contributed by atoms with Crippen molar-refractivity contribution in [3.05, 3.63) is 47.0 Å². The molecule has 1 heterocycles. The zero-order valence-corrected chi connectivity index (χ0v) is 9.89. The van der Waals surface area contributed by atoms with Crippen molar-refractivity contribution in [1.82, 2.24) is 0 Å². The number of alkyl halides is 1. The van der Waals surface area contributed by atoms with Gasteiger partial charge in [-0.1, -0.05) is 23.7 Å². The first-order valence-corrected chi connectivity index (χ1v) is 5.68. The van der Waals surface area contributed by atoms with Crippen LogP contribution in [0.3, 0.4) is 0 Å². The van der Waals surface area contributed by atoms with Crippen LogP contribution < -0.4 is 5.73 Å². The second-order valence-corrected chi connectivity index (χ2v) is 4.30. The van der Waals surface area contributed by atoms with Crippen LogP contribution in [-0.4, -0.2) is 18.0 Å². The van der Waals surface area contributed by atoms with E-state index in [4.69, 9.17) is 17.3 Å². The lowest BCUT2D eigenvalue weighted by Gasteiger charge is -2.10. The number of carbonyl (C=O) groups excluding carboxylic acids is 1. The third-order valence-corrected chi connectivity index (χ3v) is 2.69. The monoisotopic (exact) mass is 249 g/mol. The Hall–Kier alpha value is -1.68. The molecule has 1 atom stereocenters. The van der Waals surface area contributed by atoms with Gasteiger partial charge in [0, 0.05) is 5.56 Å². The van der Waals surface area contributed by atoms with Crippen LogP contribution in [0.25, 0.3) is 0 Å². The minimum atomic E-state index is -0.417. The molecular weight excluding hydrogens is 238 g/mol. The Balaban J connectivity index is 2.14. The molecule has 0 bridgehead atoms. The maximum absolute atomic E-state index is 11.1. The fraction of sp³-hybridized carbons (Fsp3) is 0.250. The molecule has 1 unspecified atom stereocenters. The maximum atomic E-state index is 11.1. The molecule has 0 fully saturated rings. The number of primary amides is 1. The number of benzene rings is 1. The van der Waals surface area contributed by atoms with Gasteiger partial charge >= 0.3 is 0 Å². The van der Waals surface area contributed by atoms with Gasteiger partial charge < -0.3 is 5.73 Å². The first kappa shape index (κ1) is 11.8. The molecule has 0 saturated carbocycles. The lowest BCUT2D eigenvalue weighted by atomic mass is 10.0. The van der Waals surface area contributed by atoms with E-state index in [2.05, 4.69) is 10.2 Å². The van der Waals surface area contributed by atoms with Crippen molar-refractivity contribution in [2.75, 3.05) is 6.54 Å². The number of amides is 1. The summed E-state index contributed by atoms with van der Waals surface area (Å²) in [6, 6.07) is 7.25. The Morgan fingerprint density at radius 3 is 3.06 bits per heavy atom. The fourth-order valence-corrected chi connectivity index (χ4v) is 1.94. The largest absolute Gasteiger partial charge is 0.366 e. The van der Waals surface area contributed by atoms with Gasteiger partial charge in [-0.15, -0.1) is 0 Å². The molecule has 0 radical (unpaired) electrons. The van der Waals surface area contributed by atoms with E-state index in [1.54, 1.807) is 12.1 Å². The van der Waals surface area contributed by atoms with Gasteiger partial charge in [0.15, 0.2) is 5.50 Å². The van der Waals surface area contributed by atoms with E-state index in [9.17, 15) is 4.79 Å². The predicted molar refractivity (Wildman–Crippen MR) is 66.1 cm³/mol. The molecule has 2 N–H and O–H groups in total. The zero-order valence-electron chi connectivity index (χ0n) is 9.14. The Kier molecular flexibility index (Phi) is 3.54. The molecule has 5 heteroatoms. The normalized spacial score (nSPS) is 18.9. The van der Waals surface area contributed by atoms with Crippen LogP contribution in [0.4, 0.5) is 0 Å². The zero-order chi connectivity index (χ0) is 12.3. The lowest BCUT2D eigenvalue weighted by molar-refractivity contribution is 0.1000. The van der Waals surface area contributed by atoms with E-state index in [1.165, 1.54) is 0 Å². The highest BCUT2D eigenvalue weighted by molar-refractivity contribution is 6.21. The molecule has 0 saturated heterocycles. The van der Waals surface area contributed by atoms with Crippen LogP contribution in [-0.2, 0) is 6.42 Å². The van der Waals surface area contributed by atoms with Gasteiger partial charge in [0.25, 0.3) is 0 Å². The highest BCUT2D eigenvalue weighted by atomic mass is 35.5. The smallest absolute Gasteiger partial charge is 0.248 e. The summed E-state index contributed by atoms with van der Waals surface area (Å²) in [5.41, 5.74) is 7.49. The summed E-state index contributed by atoms with van der Waals surface area (Å²) in [6.07, 6.45) is 2.59. The van der Waals surface area contributed by atoms with E-state index in [0.29, 0.717) is 18.5 Å². The molecule has 4 nitrogen and oxygen atoms in total. The quantitative estimate of drug-likeness (QED) is 0.498. The molecule has 0 spiro atoms. The molecule has 1 aliphatic rings. The highest BCUT2D eigenvalue weighted by Crippen LogP contribution is 2.17. The summed E-state index contributed by atoms with van der Waals surface area (Å²) in [5.74, 6) is -0.417. The SMILES string of the molecule is NC(=O)c1cccc(CC2=CC(Cl)N=NC2)c1. The van der Waals surface area contributed by atoms with Crippen molar-refractivity contribution in [3.63, 3.8) is 0 Å². The van der Waals surface area contributed by atoms with E-state index < -0.39 is 5.91 Å². The average Bonchev–Trinajstić information content (AvgIpc) is 2.29. The maximum Gasteiger partial charge on any atom is 0.248 e. The molecule has 88 valence electrons. The summed E-state index contributed by atoms with van der Waals surface area (Å²) < 4.78 is 0. The summed E-state index contributed by atoms with van der Waals surface area (Å²) >= 11 is 5.85. The number of hydrogen-bond acceptors (Lipinski definition) is 3. The summed E-state index contributed by atoms with van der Waals surface area (Å²) in [7, 11) is 0. The second-order valence-electron chi connectivity index (χ2n) is 3.85. The predicted octanol–water partition coefficient (Wildman–Crippen LogP) is 2.29. The Morgan fingerprint density at radius 1 is 1.53 bits per heavy atom. The van der Waals surface area contributed by atoms with Gasteiger partial charge in [0.05, 0.1) is 6.54 Å². The molecule has 1 aliphatic heterocycles. The standard InChI is InChI=1S/C12H12ClN3O/c13-11-6-9(7-15-16-11)4-8-2-1-3-10(5-8)12(14)17/h1-3,5-6,11H,4,7H2,(H2,14,17). The van der Waals surface area contributed by atoms with Crippen LogP contribution in [0.2, 0.25) is 0 Å². The molecule has 1 aromatic rings. The minimum absolute atomic E-state index is 0.377. The number of halogens is 1.